The molecule has 0 fully saturated rings. The van der Waals surface area contributed by atoms with Crippen molar-refractivity contribution in [2.24, 2.45) is 5.73 Å². The number of nitrogens with two attached hydrogens (primary N) is 1. The van der Waals surface area contributed by atoms with Crippen LogP contribution in [0, 0.1) is 6.92 Å². The molecule has 0 radical (unpaired) electrons. The van der Waals surface area contributed by atoms with Crippen LogP contribution in [-0.2, 0) is 0 Å². The van der Waals surface area contributed by atoms with E-state index in [0.717, 1.165) is 5.56 Å². The molecule has 0 unspecified atom stereocenters. The van der Waals surface area contributed by atoms with Crippen LogP contribution < -0.4 is 5.73 Å². The fourth-order valence-electron chi connectivity index (χ4n) is 1.10. The van der Waals surface area contributed by atoms with Crippen LogP contribution in [0.2, 0.25) is 0 Å². The van der Waals surface area contributed by atoms with Gasteiger partial charge in [-0.15, -0.1) is 0 Å². The minimum absolute atomic E-state index is 0.521. The van der Waals surface area contributed by atoms with Crippen molar-refractivity contribution < 1.29 is 8.78 Å². The largest absolute Gasteiger partial charge is 0.319 e. The number of hydrogen-bond acceptors (Lipinski definition) is 1. The smallest absolute Gasteiger partial charge is 0.257 e. The van der Waals surface area contributed by atoms with Crippen molar-refractivity contribution in [3.63, 3.8) is 0 Å². The number of aryl methyl sites for hydroxylation is 1. The summed E-state index contributed by atoms with van der Waals surface area (Å²) in [5, 5.41) is 0. The lowest BCUT2D eigenvalue weighted by Crippen LogP contribution is -2.19. The van der Waals surface area contributed by atoms with Crippen molar-refractivity contribution in [3.05, 3.63) is 35.4 Å². The van der Waals surface area contributed by atoms with E-state index in [-0.39, 0.29) is 0 Å². The summed E-state index contributed by atoms with van der Waals surface area (Å²) < 4.78 is 24.3. The SMILES string of the molecule is Cc1ccccc1[C@H](N)C(F)F. The van der Waals surface area contributed by atoms with Crippen molar-refractivity contribution in [2.75, 3.05) is 0 Å². The summed E-state index contributed by atoms with van der Waals surface area (Å²) in [4.78, 5) is 0. The lowest BCUT2D eigenvalue weighted by Gasteiger charge is -2.12. The number of rotatable bonds is 2. The Morgan fingerprint density at radius 3 is 2.33 bits per heavy atom. The molecule has 0 bridgehead atoms. The van der Waals surface area contributed by atoms with Gasteiger partial charge in [0.15, 0.2) is 0 Å². The van der Waals surface area contributed by atoms with Crippen molar-refractivity contribution in [1.29, 1.82) is 0 Å². The zero-order chi connectivity index (χ0) is 9.14. The predicted octanol–water partition coefficient (Wildman–Crippen LogP) is 2.26. The molecule has 0 spiro atoms. The number of hydrogen-bond donors (Lipinski definition) is 1. The second-order valence-electron chi connectivity index (χ2n) is 2.72. The highest BCUT2D eigenvalue weighted by atomic mass is 19.3. The number of alkyl halides is 2. The first-order valence-electron chi connectivity index (χ1n) is 3.72. The summed E-state index contributed by atoms with van der Waals surface area (Å²) in [6, 6.07) is 5.76. The Labute approximate surface area is 70.2 Å². The second kappa shape index (κ2) is 3.63. The summed E-state index contributed by atoms with van der Waals surface area (Å²) >= 11 is 0. The van der Waals surface area contributed by atoms with Crippen LogP contribution >= 0.6 is 0 Å². The molecule has 0 saturated heterocycles. The molecule has 0 aliphatic carbocycles. The zero-order valence-electron chi connectivity index (χ0n) is 6.80. The molecule has 1 aromatic rings. The molecule has 2 N–H and O–H groups in total. The van der Waals surface area contributed by atoms with E-state index in [0.29, 0.717) is 5.56 Å². The Bertz CT molecular complexity index is 260. The molecule has 12 heavy (non-hydrogen) atoms. The van der Waals surface area contributed by atoms with Crippen LogP contribution in [0.4, 0.5) is 8.78 Å². The molecule has 0 saturated carbocycles. The first-order chi connectivity index (χ1) is 5.63. The van der Waals surface area contributed by atoms with E-state index in [1.165, 1.54) is 0 Å². The molecule has 66 valence electrons. The average Bonchev–Trinajstić information content (AvgIpc) is 2.04. The van der Waals surface area contributed by atoms with Crippen LogP contribution in [0.15, 0.2) is 24.3 Å². The van der Waals surface area contributed by atoms with Crippen LogP contribution in [0.1, 0.15) is 17.2 Å². The molecule has 0 aromatic heterocycles. The molecular formula is C9H11F2N. The van der Waals surface area contributed by atoms with Gasteiger partial charge in [-0.25, -0.2) is 8.78 Å². The lowest BCUT2D eigenvalue weighted by molar-refractivity contribution is 0.116. The third-order valence-electron chi connectivity index (χ3n) is 1.82. The molecule has 0 amide bonds. The lowest BCUT2D eigenvalue weighted by atomic mass is 10.0. The molecule has 3 heteroatoms. The quantitative estimate of drug-likeness (QED) is 0.725. The van der Waals surface area contributed by atoms with E-state index >= 15 is 0 Å². The van der Waals surface area contributed by atoms with Gasteiger partial charge in [0.1, 0.15) is 0 Å². The van der Waals surface area contributed by atoms with Crippen LogP contribution in [-0.4, -0.2) is 6.43 Å². The topological polar surface area (TPSA) is 26.0 Å². The van der Waals surface area contributed by atoms with E-state index < -0.39 is 12.5 Å². The van der Waals surface area contributed by atoms with Gasteiger partial charge < -0.3 is 5.73 Å². The number of benzene rings is 1. The highest BCUT2D eigenvalue weighted by Crippen LogP contribution is 2.20. The van der Waals surface area contributed by atoms with Crippen LogP contribution in [0.3, 0.4) is 0 Å². The Morgan fingerprint density at radius 1 is 1.25 bits per heavy atom. The van der Waals surface area contributed by atoms with Gasteiger partial charge >= 0.3 is 0 Å². The highest BCUT2D eigenvalue weighted by Gasteiger charge is 2.18. The molecule has 1 aromatic carbocycles. The molecule has 0 heterocycles. The Kier molecular flexibility index (Phi) is 2.76. The minimum atomic E-state index is -2.49. The van der Waals surface area contributed by atoms with Crippen LogP contribution in [0.25, 0.3) is 0 Å². The zero-order valence-corrected chi connectivity index (χ0v) is 6.80. The first-order valence-corrected chi connectivity index (χ1v) is 3.72. The van der Waals surface area contributed by atoms with Crippen molar-refractivity contribution in [3.8, 4) is 0 Å². The van der Waals surface area contributed by atoms with Gasteiger partial charge in [0, 0.05) is 0 Å². The predicted molar refractivity (Wildman–Crippen MR) is 44.1 cm³/mol. The summed E-state index contributed by atoms with van der Waals surface area (Å²) in [5.74, 6) is 0. The maximum absolute atomic E-state index is 12.2. The molecule has 1 atom stereocenters. The normalized spacial score (nSPS) is 13.4. The Hall–Kier alpha value is -0.960. The summed E-state index contributed by atoms with van der Waals surface area (Å²) in [6.45, 7) is 1.78. The Balaban J connectivity index is 2.94. The molecular weight excluding hydrogens is 160 g/mol. The van der Waals surface area contributed by atoms with Gasteiger partial charge in [-0.1, -0.05) is 24.3 Å². The van der Waals surface area contributed by atoms with Crippen molar-refractivity contribution in [2.45, 2.75) is 19.4 Å². The molecule has 1 rings (SSSR count). The fraction of sp³-hybridized carbons (Fsp3) is 0.333. The van der Waals surface area contributed by atoms with Gasteiger partial charge in [-0.2, -0.15) is 0 Å². The first kappa shape index (κ1) is 9.13. The van der Waals surface area contributed by atoms with Crippen molar-refractivity contribution in [1.82, 2.24) is 0 Å². The minimum Gasteiger partial charge on any atom is -0.319 e. The van der Waals surface area contributed by atoms with E-state index in [2.05, 4.69) is 0 Å². The molecule has 1 nitrogen and oxygen atoms in total. The maximum atomic E-state index is 12.2. The summed E-state index contributed by atoms with van der Waals surface area (Å²) in [5.41, 5.74) is 6.62. The Morgan fingerprint density at radius 2 is 1.83 bits per heavy atom. The highest BCUT2D eigenvalue weighted by molar-refractivity contribution is 5.28. The van der Waals surface area contributed by atoms with Gasteiger partial charge in [-0.3, -0.25) is 0 Å². The van der Waals surface area contributed by atoms with Crippen molar-refractivity contribution >= 4 is 0 Å². The fourth-order valence-corrected chi connectivity index (χ4v) is 1.10. The average molecular weight is 171 g/mol. The molecule has 0 aliphatic heterocycles. The third kappa shape index (κ3) is 1.80. The van der Waals surface area contributed by atoms with Gasteiger partial charge in [0.05, 0.1) is 6.04 Å². The van der Waals surface area contributed by atoms with Gasteiger partial charge in [-0.05, 0) is 18.1 Å². The standard InChI is InChI=1S/C9H11F2N/c1-6-4-2-3-5-7(6)8(12)9(10)11/h2-5,8-9H,12H2,1H3/t8-/m0/s1. The van der Waals surface area contributed by atoms with E-state index in [9.17, 15) is 8.78 Å². The van der Waals surface area contributed by atoms with E-state index in [4.69, 9.17) is 5.73 Å². The third-order valence-corrected chi connectivity index (χ3v) is 1.82. The summed E-state index contributed by atoms with van der Waals surface area (Å²) in [7, 11) is 0. The maximum Gasteiger partial charge on any atom is 0.257 e. The molecule has 0 aliphatic rings. The summed E-state index contributed by atoms with van der Waals surface area (Å²) in [6.07, 6.45) is -2.49. The number of halogens is 2. The van der Waals surface area contributed by atoms with E-state index in [1.54, 1.807) is 31.2 Å². The van der Waals surface area contributed by atoms with Gasteiger partial charge in [0.2, 0.25) is 0 Å². The monoisotopic (exact) mass is 171 g/mol. The van der Waals surface area contributed by atoms with Crippen LogP contribution in [0.5, 0.6) is 0 Å². The van der Waals surface area contributed by atoms with E-state index in [1.807, 2.05) is 0 Å². The second-order valence-corrected chi connectivity index (χ2v) is 2.72. The van der Waals surface area contributed by atoms with Gasteiger partial charge in [0.25, 0.3) is 6.43 Å².